The minimum absolute atomic E-state index is 0.462. The van der Waals surface area contributed by atoms with Gasteiger partial charge >= 0.3 is 0 Å². The first kappa shape index (κ1) is 12.8. The highest BCUT2D eigenvalue weighted by Crippen LogP contribution is 2.27. The summed E-state index contributed by atoms with van der Waals surface area (Å²) < 4.78 is 5.88. The van der Waals surface area contributed by atoms with E-state index in [1.165, 1.54) is 0 Å². The molecule has 0 aliphatic carbocycles. The number of nitrogens with two attached hydrogens (primary N) is 1. The largest absolute Gasteiger partial charge is 0.488 e. The first-order valence-corrected chi connectivity index (χ1v) is 6.73. The molecule has 0 bridgehead atoms. The predicted molar refractivity (Wildman–Crippen MR) is 84.2 cm³/mol. The van der Waals surface area contributed by atoms with Gasteiger partial charge in [-0.3, -0.25) is 0 Å². The normalized spacial score (nSPS) is 10.7. The fourth-order valence-corrected chi connectivity index (χ4v) is 2.18. The summed E-state index contributed by atoms with van der Waals surface area (Å²) in [5, 5.41) is 0.965. The third-order valence-electron chi connectivity index (χ3n) is 3.03. The van der Waals surface area contributed by atoms with Crippen LogP contribution in [0.15, 0.2) is 59.5 Å². The summed E-state index contributed by atoms with van der Waals surface area (Å²) in [4.78, 5) is 5.23. The topological polar surface area (TPSA) is 48.1 Å². The molecule has 0 atom stereocenters. The van der Waals surface area contributed by atoms with Crippen molar-refractivity contribution in [3.05, 3.63) is 60.2 Å². The van der Waals surface area contributed by atoms with Crippen LogP contribution in [0.25, 0.3) is 10.9 Å². The van der Waals surface area contributed by atoms with Crippen LogP contribution in [0.5, 0.6) is 5.75 Å². The Morgan fingerprint density at radius 2 is 1.80 bits per heavy atom. The lowest BCUT2D eigenvalue weighted by Crippen LogP contribution is -1.98. The van der Waals surface area contributed by atoms with Crippen LogP contribution in [0.3, 0.4) is 0 Å². The maximum Gasteiger partial charge on any atom is 0.132 e. The van der Waals surface area contributed by atoms with Gasteiger partial charge in [-0.05, 0) is 29.8 Å². The summed E-state index contributed by atoms with van der Waals surface area (Å²) >= 11 is 4.27. The van der Waals surface area contributed by atoms with E-state index in [1.807, 2.05) is 48.5 Å². The van der Waals surface area contributed by atoms with Gasteiger partial charge in [0.1, 0.15) is 18.2 Å². The Hall–Kier alpha value is -2.20. The lowest BCUT2D eigenvalue weighted by Gasteiger charge is -2.10. The molecule has 0 saturated heterocycles. The number of hydrogen-bond donors (Lipinski definition) is 2. The summed E-state index contributed by atoms with van der Waals surface area (Å²) in [5.41, 5.74) is 7.74. The van der Waals surface area contributed by atoms with Crippen molar-refractivity contribution in [3.8, 4) is 5.75 Å². The van der Waals surface area contributed by atoms with E-state index in [0.717, 1.165) is 27.1 Å². The summed E-state index contributed by atoms with van der Waals surface area (Å²) in [7, 11) is 0. The van der Waals surface area contributed by atoms with Crippen molar-refractivity contribution in [2.45, 2.75) is 11.5 Å². The van der Waals surface area contributed by atoms with Crippen molar-refractivity contribution in [2.75, 3.05) is 5.73 Å². The lowest BCUT2D eigenvalue weighted by atomic mass is 10.2. The van der Waals surface area contributed by atoms with Gasteiger partial charge in [0.25, 0.3) is 0 Å². The van der Waals surface area contributed by atoms with Crippen LogP contribution in [0.2, 0.25) is 0 Å². The molecule has 0 amide bonds. The van der Waals surface area contributed by atoms with Crippen molar-refractivity contribution in [1.82, 2.24) is 4.98 Å². The maximum absolute atomic E-state index is 5.88. The molecule has 1 heterocycles. The molecule has 4 heteroatoms. The first-order chi connectivity index (χ1) is 9.72. The predicted octanol–water partition coefficient (Wildman–Crippen LogP) is 3.68. The number of nitrogens with zero attached hydrogens (tertiary/aromatic N) is 1. The van der Waals surface area contributed by atoms with Gasteiger partial charge in [0, 0.05) is 16.3 Å². The number of hydrogen-bond acceptors (Lipinski definition) is 4. The molecule has 3 aromatic rings. The Morgan fingerprint density at radius 3 is 2.60 bits per heavy atom. The first-order valence-electron chi connectivity index (χ1n) is 6.28. The molecule has 2 N–H and O–H groups in total. The number of aromatic nitrogens is 1. The van der Waals surface area contributed by atoms with Crippen LogP contribution >= 0.6 is 12.6 Å². The number of benzene rings is 2. The Bertz CT molecular complexity index is 741. The van der Waals surface area contributed by atoms with Gasteiger partial charge in [0.15, 0.2) is 0 Å². The molecule has 100 valence electrons. The molecule has 0 aliphatic rings. The Labute approximate surface area is 122 Å². The number of pyridine rings is 1. The molecule has 0 unspecified atom stereocenters. The molecular weight excluding hydrogens is 268 g/mol. The van der Waals surface area contributed by atoms with E-state index in [-0.39, 0.29) is 0 Å². The van der Waals surface area contributed by atoms with Crippen molar-refractivity contribution >= 4 is 29.3 Å². The molecule has 0 fully saturated rings. The molecule has 20 heavy (non-hydrogen) atoms. The van der Waals surface area contributed by atoms with Gasteiger partial charge in [-0.2, -0.15) is 0 Å². The number of ether oxygens (including phenoxy) is 1. The SMILES string of the molecule is Nc1cc(OCc2ccc(S)cc2)c2ccccc2n1. The minimum atomic E-state index is 0.462. The highest BCUT2D eigenvalue weighted by atomic mass is 32.1. The average Bonchev–Trinajstić information content (AvgIpc) is 2.46. The van der Waals surface area contributed by atoms with Crippen LogP contribution in [-0.2, 0) is 6.61 Å². The average molecular weight is 282 g/mol. The smallest absolute Gasteiger partial charge is 0.132 e. The maximum atomic E-state index is 5.88. The summed E-state index contributed by atoms with van der Waals surface area (Å²) in [6.45, 7) is 0.488. The van der Waals surface area contributed by atoms with E-state index < -0.39 is 0 Å². The fraction of sp³-hybridized carbons (Fsp3) is 0.0625. The zero-order chi connectivity index (χ0) is 13.9. The zero-order valence-electron chi connectivity index (χ0n) is 10.8. The number of rotatable bonds is 3. The van der Waals surface area contributed by atoms with E-state index in [0.29, 0.717) is 12.4 Å². The molecule has 0 spiro atoms. The second-order valence-corrected chi connectivity index (χ2v) is 5.03. The van der Waals surface area contributed by atoms with Gasteiger partial charge in [0.2, 0.25) is 0 Å². The number of thiol groups is 1. The number of para-hydroxylation sites is 1. The monoisotopic (exact) mass is 282 g/mol. The third-order valence-corrected chi connectivity index (χ3v) is 3.33. The molecular formula is C16H14N2OS. The Kier molecular flexibility index (Phi) is 3.48. The number of anilines is 1. The summed E-state index contributed by atoms with van der Waals surface area (Å²) in [6.07, 6.45) is 0. The molecule has 1 aromatic heterocycles. The standard InChI is InChI=1S/C16H14N2OS/c17-16-9-15(13-3-1-2-4-14(13)18-16)19-10-11-5-7-12(20)8-6-11/h1-9,20H,10H2,(H2,17,18). The Morgan fingerprint density at radius 1 is 1.05 bits per heavy atom. The Balaban J connectivity index is 1.88. The second-order valence-electron chi connectivity index (χ2n) is 4.52. The minimum Gasteiger partial charge on any atom is -0.488 e. The number of fused-ring (bicyclic) bond motifs is 1. The molecule has 2 aromatic carbocycles. The van der Waals surface area contributed by atoms with Gasteiger partial charge in [-0.15, -0.1) is 12.6 Å². The lowest BCUT2D eigenvalue weighted by molar-refractivity contribution is 0.310. The van der Waals surface area contributed by atoms with E-state index in [2.05, 4.69) is 17.6 Å². The summed E-state index contributed by atoms with van der Waals surface area (Å²) in [5.74, 6) is 1.22. The number of nitrogen functional groups attached to an aromatic ring is 1. The summed E-state index contributed by atoms with van der Waals surface area (Å²) in [6, 6.07) is 17.4. The quantitative estimate of drug-likeness (QED) is 0.720. The van der Waals surface area contributed by atoms with E-state index in [1.54, 1.807) is 6.07 Å². The molecule has 0 radical (unpaired) electrons. The van der Waals surface area contributed by atoms with E-state index >= 15 is 0 Å². The van der Waals surface area contributed by atoms with Crippen LogP contribution < -0.4 is 10.5 Å². The van der Waals surface area contributed by atoms with Crippen LogP contribution in [0, 0.1) is 0 Å². The van der Waals surface area contributed by atoms with Gasteiger partial charge in [0.05, 0.1) is 5.52 Å². The van der Waals surface area contributed by atoms with Crippen molar-refractivity contribution in [3.63, 3.8) is 0 Å². The van der Waals surface area contributed by atoms with Crippen molar-refractivity contribution < 1.29 is 4.74 Å². The van der Waals surface area contributed by atoms with Crippen molar-refractivity contribution in [1.29, 1.82) is 0 Å². The van der Waals surface area contributed by atoms with Crippen molar-refractivity contribution in [2.24, 2.45) is 0 Å². The third kappa shape index (κ3) is 2.70. The zero-order valence-corrected chi connectivity index (χ0v) is 11.7. The highest BCUT2D eigenvalue weighted by molar-refractivity contribution is 7.80. The van der Waals surface area contributed by atoms with Gasteiger partial charge in [-0.1, -0.05) is 24.3 Å². The highest BCUT2D eigenvalue weighted by Gasteiger charge is 2.05. The molecule has 3 nitrogen and oxygen atoms in total. The van der Waals surface area contributed by atoms with Gasteiger partial charge in [-0.25, -0.2) is 4.98 Å². The second kappa shape index (κ2) is 5.43. The van der Waals surface area contributed by atoms with Gasteiger partial charge < -0.3 is 10.5 Å². The van der Waals surface area contributed by atoms with E-state index in [4.69, 9.17) is 10.5 Å². The molecule has 0 saturated carbocycles. The van der Waals surface area contributed by atoms with Crippen LogP contribution in [-0.4, -0.2) is 4.98 Å². The fourth-order valence-electron chi connectivity index (χ4n) is 2.04. The van der Waals surface area contributed by atoms with E-state index in [9.17, 15) is 0 Å². The molecule has 3 rings (SSSR count). The molecule has 0 aliphatic heterocycles. The van der Waals surface area contributed by atoms with Crippen LogP contribution in [0.1, 0.15) is 5.56 Å². The van der Waals surface area contributed by atoms with Crippen LogP contribution in [0.4, 0.5) is 5.82 Å².